The number of hydrogen-bond acceptors (Lipinski definition) is 6. The summed E-state index contributed by atoms with van der Waals surface area (Å²) in [5.74, 6) is 1.10. The molecule has 1 amide bonds. The molecule has 7 heteroatoms. The minimum Gasteiger partial charge on any atom is -0.360 e. The van der Waals surface area contributed by atoms with E-state index in [4.69, 9.17) is 9.51 Å². The zero-order chi connectivity index (χ0) is 16.5. The monoisotopic (exact) mass is 340 g/mol. The predicted molar refractivity (Wildman–Crippen MR) is 90.7 cm³/mol. The third-order valence-corrected chi connectivity index (χ3v) is 5.29. The van der Waals surface area contributed by atoms with Gasteiger partial charge in [-0.15, -0.1) is 11.3 Å². The van der Waals surface area contributed by atoms with Crippen molar-refractivity contribution in [3.8, 4) is 10.6 Å². The van der Waals surface area contributed by atoms with E-state index in [1.807, 2.05) is 12.1 Å². The third-order valence-electron chi connectivity index (χ3n) is 4.12. The quantitative estimate of drug-likeness (QED) is 0.791. The maximum atomic E-state index is 12.4. The van der Waals surface area contributed by atoms with Gasteiger partial charge < -0.3 is 9.84 Å². The molecule has 0 radical (unpaired) electrons. The first-order valence-electron chi connectivity index (χ1n) is 7.82. The SMILES string of the molecule is Cc1cc(NC(=O)C2CCc3nc(-c4ccncc4)sc3C2)no1. The first kappa shape index (κ1) is 15.0. The van der Waals surface area contributed by atoms with E-state index in [9.17, 15) is 4.79 Å². The van der Waals surface area contributed by atoms with E-state index in [1.54, 1.807) is 36.7 Å². The summed E-state index contributed by atoms with van der Waals surface area (Å²) >= 11 is 1.67. The molecule has 0 saturated carbocycles. The van der Waals surface area contributed by atoms with Gasteiger partial charge in [0, 0.05) is 34.8 Å². The second-order valence-corrected chi connectivity index (χ2v) is 6.96. The van der Waals surface area contributed by atoms with Gasteiger partial charge in [-0.2, -0.15) is 0 Å². The predicted octanol–water partition coefficient (Wildman–Crippen LogP) is 3.25. The van der Waals surface area contributed by atoms with Crippen LogP contribution in [0.2, 0.25) is 0 Å². The number of anilines is 1. The highest BCUT2D eigenvalue weighted by atomic mass is 32.1. The Morgan fingerprint density at radius 1 is 1.38 bits per heavy atom. The lowest BCUT2D eigenvalue weighted by atomic mass is 9.90. The Kier molecular flexibility index (Phi) is 3.86. The minimum atomic E-state index is -0.0553. The van der Waals surface area contributed by atoms with Gasteiger partial charge in [-0.1, -0.05) is 5.16 Å². The topological polar surface area (TPSA) is 80.9 Å². The maximum Gasteiger partial charge on any atom is 0.229 e. The van der Waals surface area contributed by atoms with Gasteiger partial charge in [-0.3, -0.25) is 9.78 Å². The number of carbonyl (C=O) groups excluding carboxylic acids is 1. The number of fused-ring (bicyclic) bond motifs is 1. The van der Waals surface area contributed by atoms with Crippen LogP contribution in [0.1, 0.15) is 22.8 Å². The highest BCUT2D eigenvalue weighted by molar-refractivity contribution is 7.15. The van der Waals surface area contributed by atoms with E-state index < -0.39 is 0 Å². The number of pyridine rings is 1. The van der Waals surface area contributed by atoms with E-state index in [-0.39, 0.29) is 11.8 Å². The van der Waals surface area contributed by atoms with Crippen molar-refractivity contribution < 1.29 is 9.32 Å². The van der Waals surface area contributed by atoms with Crippen molar-refractivity contribution in [1.82, 2.24) is 15.1 Å². The summed E-state index contributed by atoms with van der Waals surface area (Å²) in [4.78, 5) is 22.4. The average molecular weight is 340 g/mol. The highest BCUT2D eigenvalue weighted by Gasteiger charge is 2.28. The van der Waals surface area contributed by atoms with Crippen LogP contribution in [-0.2, 0) is 17.6 Å². The van der Waals surface area contributed by atoms with E-state index in [1.165, 1.54) is 4.88 Å². The van der Waals surface area contributed by atoms with Crippen LogP contribution in [0.25, 0.3) is 10.6 Å². The Morgan fingerprint density at radius 3 is 2.96 bits per heavy atom. The third kappa shape index (κ3) is 2.94. The summed E-state index contributed by atoms with van der Waals surface area (Å²) in [6.45, 7) is 1.80. The fourth-order valence-corrected chi connectivity index (χ4v) is 4.06. The number of carbonyl (C=O) groups is 1. The molecular formula is C17H16N4O2S. The van der Waals surface area contributed by atoms with Crippen LogP contribution >= 0.6 is 11.3 Å². The number of nitrogens with one attached hydrogen (secondary N) is 1. The van der Waals surface area contributed by atoms with E-state index in [2.05, 4.69) is 15.5 Å². The van der Waals surface area contributed by atoms with Crippen molar-refractivity contribution in [2.45, 2.75) is 26.2 Å². The summed E-state index contributed by atoms with van der Waals surface area (Å²) in [5.41, 5.74) is 2.19. The van der Waals surface area contributed by atoms with E-state index in [0.29, 0.717) is 11.6 Å². The Hall–Kier alpha value is -2.54. The van der Waals surface area contributed by atoms with Gasteiger partial charge in [0.25, 0.3) is 0 Å². The molecular weight excluding hydrogens is 324 g/mol. The van der Waals surface area contributed by atoms with Crippen molar-refractivity contribution in [1.29, 1.82) is 0 Å². The van der Waals surface area contributed by atoms with Crippen LogP contribution in [0.15, 0.2) is 35.1 Å². The largest absolute Gasteiger partial charge is 0.360 e. The minimum absolute atomic E-state index is 0.00666. The summed E-state index contributed by atoms with van der Waals surface area (Å²) in [6.07, 6.45) is 5.89. The molecule has 1 N–H and O–H groups in total. The number of rotatable bonds is 3. The number of thiazole rings is 1. The standard InChI is InChI=1S/C17H16N4O2S/c1-10-8-15(21-23-10)20-16(22)12-2-3-13-14(9-12)24-17(19-13)11-4-6-18-7-5-11/h4-8,12H,2-3,9H2,1H3,(H,20,21,22). The molecule has 1 unspecified atom stereocenters. The lowest BCUT2D eigenvalue weighted by molar-refractivity contribution is -0.120. The van der Waals surface area contributed by atoms with Gasteiger partial charge in [0.1, 0.15) is 10.8 Å². The molecule has 3 aromatic rings. The summed E-state index contributed by atoms with van der Waals surface area (Å²) in [6, 6.07) is 5.64. The summed E-state index contributed by atoms with van der Waals surface area (Å²) < 4.78 is 4.98. The molecule has 1 atom stereocenters. The number of aromatic nitrogens is 3. The zero-order valence-electron chi connectivity index (χ0n) is 13.2. The Bertz CT molecular complexity index is 872. The van der Waals surface area contributed by atoms with Crippen molar-refractivity contribution in [2.75, 3.05) is 5.32 Å². The molecule has 122 valence electrons. The molecule has 1 aliphatic rings. The van der Waals surface area contributed by atoms with Gasteiger partial charge in [0.15, 0.2) is 5.82 Å². The van der Waals surface area contributed by atoms with Crippen LogP contribution in [0.5, 0.6) is 0 Å². The molecule has 0 saturated heterocycles. The molecule has 0 aliphatic heterocycles. The van der Waals surface area contributed by atoms with Crippen molar-refractivity contribution in [3.05, 3.63) is 46.9 Å². The van der Waals surface area contributed by atoms with Gasteiger partial charge in [0.05, 0.1) is 5.69 Å². The van der Waals surface area contributed by atoms with Crippen molar-refractivity contribution in [3.63, 3.8) is 0 Å². The van der Waals surface area contributed by atoms with Gasteiger partial charge >= 0.3 is 0 Å². The van der Waals surface area contributed by atoms with Crippen molar-refractivity contribution >= 4 is 23.1 Å². The molecule has 4 rings (SSSR count). The van der Waals surface area contributed by atoms with Crippen LogP contribution in [0.3, 0.4) is 0 Å². The van der Waals surface area contributed by atoms with Gasteiger partial charge in [-0.05, 0) is 38.3 Å². The first-order chi connectivity index (χ1) is 11.7. The van der Waals surface area contributed by atoms with Crippen LogP contribution in [0.4, 0.5) is 5.82 Å². The number of aryl methyl sites for hydroxylation is 2. The summed E-state index contributed by atoms with van der Waals surface area (Å²) in [7, 11) is 0. The average Bonchev–Trinajstić information content (AvgIpc) is 3.21. The number of amides is 1. The molecule has 0 spiro atoms. The molecule has 1 aliphatic carbocycles. The normalized spacial score (nSPS) is 16.6. The lowest BCUT2D eigenvalue weighted by Crippen LogP contribution is -2.27. The van der Waals surface area contributed by atoms with Gasteiger partial charge in [0.2, 0.25) is 5.91 Å². The zero-order valence-corrected chi connectivity index (χ0v) is 14.0. The van der Waals surface area contributed by atoms with E-state index in [0.717, 1.165) is 35.5 Å². The lowest BCUT2D eigenvalue weighted by Gasteiger charge is -2.19. The van der Waals surface area contributed by atoms with Gasteiger partial charge in [-0.25, -0.2) is 4.98 Å². The summed E-state index contributed by atoms with van der Waals surface area (Å²) in [5, 5.41) is 7.65. The molecule has 0 fully saturated rings. The molecule has 0 bridgehead atoms. The second kappa shape index (κ2) is 6.16. The smallest absolute Gasteiger partial charge is 0.229 e. The molecule has 3 aromatic heterocycles. The molecule has 6 nitrogen and oxygen atoms in total. The fraction of sp³-hybridized carbons (Fsp3) is 0.294. The number of nitrogens with zero attached hydrogens (tertiary/aromatic N) is 3. The Labute approximate surface area is 142 Å². The van der Waals surface area contributed by atoms with Crippen LogP contribution in [0, 0.1) is 12.8 Å². The second-order valence-electron chi connectivity index (χ2n) is 5.88. The molecule has 24 heavy (non-hydrogen) atoms. The molecule has 3 heterocycles. The Morgan fingerprint density at radius 2 is 2.21 bits per heavy atom. The number of hydrogen-bond donors (Lipinski definition) is 1. The first-order valence-corrected chi connectivity index (χ1v) is 8.64. The Balaban J connectivity index is 1.49. The highest BCUT2D eigenvalue weighted by Crippen LogP contribution is 2.34. The van der Waals surface area contributed by atoms with E-state index >= 15 is 0 Å². The van der Waals surface area contributed by atoms with Crippen LogP contribution in [-0.4, -0.2) is 21.0 Å². The molecule has 0 aromatic carbocycles. The maximum absolute atomic E-state index is 12.4. The van der Waals surface area contributed by atoms with Crippen molar-refractivity contribution in [2.24, 2.45) is 5.92 Å². The van der Waals surface area contributed by atoms with Crippen LogP contribution < -0.4 is 5.32 Å². The fourth-order valence-electron chi connectivity index (χ4n) is 2.87.